The van der Waals surface area contributed by atoms with Crippen molar-refractivity contribution in [2.75, 3.05) is 0 Å². The van der Waals surface area contributed by atoms with Gasteiger partial charge >= 0.3 is 5.97 Å². The second-order valence-corrected chi connectivity index (χ2v) is 4.95. The molecule has 88 valence electrons. The van der Waals surface area contributed by atoms with Crippen molar-refractivity contribution in [1.29, 1.82) is 0 Å². The summed E-state index contributed by atoms with van der Waals surface area (Å²) in [5, 5.41) is 9.53. The number of nitrogens with zero attached hydrogens (tertiary/aromatic N) is 1. The molecule has 0 radical (unpaired) electrons. The van der Waals surface area contributed by atoms with Crippen LogP contribution in [0.25, 0.3) is 0 Å². The predicted octanol–water partition coefficient (Wildman–Crippen LogP) is 1.82. The van der Waals surface area contributed by atoms with Crippen molar-refractivity contribution < 1.29 is 14.3 Å². The van der Waals surface area contributed by atoms with Gasteiger partial charge in [-0.3, -0.25) is 4.79 Å². The molecular weight excluding hydrogens is 359 g/mol. The number of aromatic carboxylic acids is 1. The van der Waals surface area contributed by atoms with E-state index >= 15 is 0 Å². The summed E-state index contributed by atoms with van der Waals surface area (Å²) in [6, 6.07) is 2.87. The Balaban J connectivity index is 2.28. The Labute approximate surface area is 113 Å². The standard InChI is InChI=1S/C9H5IN2O4S/c10-6-7(13)11-3-12-8(6)17-5-2-1-4(16-5)9(14)15/h1-3H,(H,14,15)(H,11,12,13). The normalized spacial score (nSPS) is 10.4. The Hall–Kier alpha value is -1.29. The fourth-order valence-corrected chi connectivity index (χ4v) is 2.39. The monoisotopic (exact) mass is 364 g/mol. The number of hydrogen-bond acceptors (Lipinski definition) is 5. The molecule has 0 unspecified atom stereocenters. The van der Waals surface area contributed by atoms with Crippen molar-refractivity contribution >= 4 is 40.3 Å². The van der Waals surface area contributed by atoms with Gasteiger partial charge in [-0.2, -0.15) is 0 Å². The molecule has 0 aliphatic rings. The molecule has 0 bridgehead atoms. The van der Waals surface area contributed by atoms with E-state index < -0.39 is 5.97 Å². The number of aromatic nitrogens is 2. The molecule has 0 spiro atoms. The number of carbonyl (C=O) groups is 1. The summed E-state index contributed by atoms with van der Waals surface area (Å²) in [7, 11) is 0. The molecule has 6 nitrogen and oxygen atoms in total. The number of nitrogens with one attached hydrogen (secondary N) is 1. The number of rotatable bonds is 3. The van der Waals surface area contributed by atoms with E-state index in [1.54, 1.807) is 0 Å². The van der Waals surface area contributed by atoms with Crippen molar-refractivity contribution in [2.24, 2.45) is 0 Å². The molecule has 0 atom stereocenters. The third-order valence-electron chi connectivity index (χ3n) is 1.75. The van der Waals surface area contributed by atoms with E-state index in [9.17, 15) is 9.59 Å². The molecule has 17 heavy (non-hydrogen) atoms. The van der Waals surface area contributed by atoms with Crippen LogP contribution in [0.1, 0.15) is 10.6 Å². The topological polar surface area (TPSA) is 96.2 Å². The van der Waals surface area contributed by atoms with Gasteiger partial charge in [0.1, 0.15) is 8.60 Å². The molecule has 2 heterocycles. The molecule has 8 heteroatoms. The fourth-order valence-electron chi connectivity index (χ4n) is 1.02. The highest BCUT2D eigenvalue weighted by molar-refractivity contribution is 14.1. The van der Waals surface area contributed by atoms with E-state index in [0.717, 1.165) is 11.8 Å². The SMILES string of the molecule is O=C(O)c1ccc(Sc2nc[nH]c(=O)c2I)o1. The minimum absolute atomic E-state index is 0.146. The minimum atomic E-state index is -1.13. The number of halogens is 1. The molecule has 0 aliphatic carbocycles. The number of furan rings is 1. The summed E-state index contributed by atoms with van der Waals surface area (Å²) >= 11 is 2.96. The number of H-pyrrole nitrogens is 1. The molecule has 2 aromatic rings. The Kier molecular flexibility index (Phi) is 3.52. The molecule has 0 aromatic carbocycles. The van der Waals surface area contributed by atoms with E-state index in [0.29, 0.717) is 13.7 Å². The highest BCUT2D eigenvalue weighted by atomic mass is 127. The second kappa shape index (κ2) is 4.92. The lowest BCUT2D eigenvalue weighted by Gasteiger charge is -1.98. The molecule has 0 amide bonds. The van der Waals surface area contributed by atoms with Crippen LogP contribution < -0.4 is 5.56 Å². The molecule has 2 N–H and O–H groups in total. The minimum Gasteiger partial charge on any atom is -0.475 e. The quantitative estimate of drug-likeness (QED) is 0.637. The lowest BCUT2D eigenvalue weighted by Crippen LogP contribution is -2.10. The highest BCUT2D eigenvalue weighted by Gasteiger charge is 2.13. The first-order valence-corrected chi connectivity index (χ1v) is 6.21. The average Bonchev–Trinajstić information content (AvgIpc) is 2.73. The van der Waals surface area contributed by atoms with Gasteiger partial charge in [0.2, 0.25) is 5.76 Å². The largest absolute Gasteiger partial charge is 0.475 e. The van der Waals surface area contributed by atoms with Gasteiger partial charge in [0.25, 0.3) is 5.56 Å². The summed E-state index contributed by atoms with van der Waals surface area (Å²) in [4.78, 5) is 28.3. The van der Waals surface area contributed by atoms with Crippen LogP contribution in [0.3, 0.4) is 0 Å². The van der Waals surface area contributed by atoms with Gasteiger partial charge in [-0.15, -0.1) is 0 Å². The molecular formula is C9H5IN2O4S. The first kappa shape index (κ1) is 12.2. The van der Waals surface area contributed by atoms with Crippen LogP contribution in [-0.2, 0) is 0 Å². The lowest BCUT2D eigenvalue weighted by atomic mass is 10.5. The number of carboxylic acids is 1. The van der Waals surface area contributed by atoms with Crippen molar-refractivity contribution in [3.63, 3.8) is 0 Å². The van der Waals surface area contributed by atoms with Crippen LogP contribution in [0, 0.1) is 3.57 Å². The first-order valence-electron chi connectivity index (χ1n) is 4.32. The van der Waals surface area contributed by atoms with E-state index in [1.807, 2.05) is 22.6 Å². The summed E-state index contributed by atoms with van der Waals surface area (Å²) in [6.45, 7) is 0. The maximum atomic E-state index is 11.3. The van der Waals surface area contributed by atoms with Crippen molar-refractivity contribution in [2.45, 2.75) is 10.1 Å². The molecule has 0 aliphatic heterocycles. The predicted molar refractivity (Wildman–Crippen MR) is 67.4 cm³/mol. The van der Waals surface area contributed by atoms with Gasteiger partial charge in [0, 0.05) is 0 Å². The van der Waals surface area contributed by atoms with E-state index in [4.69, 9.17) is 9.52 Å². The van der Waals surface area contributed by atoms with E-state index in [2.05, 4.69) is 9.97 Å². The van der Waals surface area contributed by atoms with Gasteiger partial charge in [-0.05, 0) is 46.5 Å². The van der Waals surface area contributed by atoms with Gasteiger partial charge in [-0.25, -0.2) is 9.78 Å². The number of hydrogen-bond donors (Lipinski definition) is 2. The summed E-state index contributed by atoms with van der Waals surface area (Å²) in [6.07, 6.45) is 1.29. The van der Waals surface area contributed by atoms with Crippen LogP contribution in [0.15, 0.2) is 37.8 Å². The van der Waals surface area contributed by atoms with Gasteiger partial charge in [0.05, 0.1) is 6.33 Å². The molecule has 0 saturated heterocycles. The van der Waals surface area contributed by atoms with Crippen molar-refractivity contribution in [3.05, 3.63) is 38.1 Å². The first-order chi connectivity index (χ1) is 8.08. The van der Waals surface area contributed by atoms with E-state index in [1.165, 1.54) is 18.5 Å². The van der Waals surface area contributed by atoms with Gasteiger partial charge < -0.3 is 14.5 Å². The fraction of sp³-hybridized carbons (Fsp3) is 0. The molecule has 2 aromatic heterocycles. The third kappa shape index (κ3) is 2.69. The zero-order valence-corrected chi connectivity index (χ0v) is 11.1. The average molecular weight is 364 g/mol. The Bertz CT molecular complexity index is 621. The zero-order valence-electron chi connectivity index (χ0n) is 8.14. The van der Waals surface area contributed by atoms with E-state index in [-0.39, 0.29) is 11.3 Å². The Morgan fingerprint density at radius 1 is 1.53 bits per heavy atom. The van der Waals surface area contributed by atoms with Crippen LogP contribution in [0.4, 0.5) is 0 Å². The third-order valence-corrected chi connectivity index (χ3v) is 4.04. The molecule has 0 saturated carbocycles. The molecule has 2 rings (SSSR count). The van der Waals surface area contributed by atoms with Crippen molar-refractivity contribution in [3.8, 4) is 0 Å². The summed E-state index contributed by atoms with van der Waals surface area (Å²) < 4.78 is 5.49. The van der Waals surface area contributed by atoms with Gasteiger partial charge in [-0.1, -0.05) is 0 Å². The lowest BCUT2D eigenvalue weighted by molar-refractivity contribution is 0.0656. The Morgan fingerprint density at radius 2 is 2.29 bits per heavy atom. The zero-order chi connectivity index (χ0) is 12.4. The van der Waals surface area contributed by atoms with Crippen LogP contribution in [0.2, 0.25) is 0 Å². The second-order valence-electron chi connectivity index (χ2n) is 2.88. The summed E-state index contributed by atoms with van der Waals surface area (Å²) in [5.74, 6) is -1.28. The van der Waals surface area contributed by atoms with Crippen molar-refractivity contribution in [1.82, 2.24) is 9.97 Å². The molecule has 0 fully saturated rings. The van der Waals surface area contributed by atoms with Gasteiger partial charge in [0.15, 0.2) is 5.09 Å². The highest BCUT2D eigenvalue weighted by Crippen LogP contribution is 2.29. The number of aromatic amines is 1. The maximum Gasteiger partial charge on any atom is 0.371 e. The maximum absolute atomic E-state index is 11.3. The smallest absolute Gasteiger partial charge is 0.371 e. The summed E-state index contributed by atoms with van der Waals surface area (Å²) in [5.41, 5.74) is -0.242. The van der Waals surface area contributed by atoms with Crippen LogP contribution in [0.5, 0.6) is 0 Å². The van der Waals surface area contributed by atoms with Crippen LogP contribution >= 0.6 is 34.4 Å². The number of carboxylic acid groups (broad SMARTS) is 1. The Morgan fingerprint density at radius 3 is 2.94 bits per heavy atom. The van der Waals surface area contributed by atoms with Crippen LogP contribution in [-0.4, -0.2) is 21.0 Å².